The molecule has 1 atom stereocenters. The summed E-state index contributed by atoms with van der Waals surface area (Å²) < 4.78 is 5.16. The van der Waals surface area contributed by atoms with Gasteiger partial charge in [0.15, 0.2) is 0 Å². The Kier molecular flexibility index (Phi) is 4.79. The van der Waals surface area contributed by atoms with Crippen molar-refractivity contribution in [3.05, 3.63) is 53.6 Å². The van der Waals surface area contributed by atoms with E-state index in [1.165, 1.54) is 19.2 Å². The number of rotatable bonds is 6. The maximum atomic E-state index is 11.3. The fraction of sp³-hybridized carbons (Fsp3) is 0.188. The van der Waals surface area contributed by atoms with Crippen LogP contribution in [0.1, 0.15) is 17.2 Å². The van der Waals surface area contributed by atoms with E-state index in [-0.39, 0.29) is 12.4 Å². The molecule has 0 saturated carbocycles. The molecule has 0 bridgehead atoms. The normalized spacial score (nSPS) is 11.7. The van der Waals surface area contributed by atoms with E-state index in [2.05, 4.69) is 5.32 Å². The topological polar surface area (TPSA) is 78.8 Å². The molecule has 0 saturated heterocycles. The van der Waals surface area contributed by atoms with Crippen LogP contribution < -0.4 is 10.1 Å². The van der Waals surface area contributed by atoms with Crippen LogP contribution in [0.3, 0.4) is 0 Å². The molecule has 5 heteroatoms. The highest BCUT2D eigenvalue weighted by Gasteiger charge is 2.11. The largest absolute Gasteiger partial charge is 0.508 e. The van der Waals surface area contributed by atoms with Gasteiger partial charge in [0.2, 0.25) is 0 Å². The minimum atomic E-state index is -0.552. The van der Waals surface area contributed by atoms with E-state index in [1.54, 1.807) is 30.3 Å². The number of carbonyl (C=O) groups is 1. The van der Waals surface area contributed by atoms with Crippen LogP contribution in [0.5, 0.6) is 11.5 Å². The molecule has 1 unspecified atom stereocenters. The van der Waals surface area contributed by atoms with E-state index in [1.807, 2.05) is 0 Å². The average molecular weight is 287 g/mol. The Labute approximate surface area is 122 Å². The molecule has 3 N–H and O–H groups in total. The summed E-state index contributed by atoms with van der Waals surface area (Å²) in [6.45, 7) is -0.114. The number of ether oxygens (including phenoxy) is 1. The number of nitrogens with one attached hydrogen (secondary N) is 1. The van der Waals surface area contributed by atoms with Gasteiger partial charge in [0.1, 0.15) is 23.8 Å². The Bertz CT molecular complexity index is 588. The van der Waals surface area contributed by atoms with E-state index < -0.39 is 6.04 Å². The van der Waals surface area contributed by atoms with Gasteiger partial charge in [0.25, 0.3) is 0 Å². The minimum absolute atomic E-state index is 0.114. The third-order valence-electron chi connectivity index (χ3n) is 3.10. The second-order valence-electron chi connectivity index (χ2n) is 4.58. The minimum Gasteiger partial charge on any atom is -0.508 e. The Morgan fingerprint density at radius 3 is 2.52 bits per heavy atom. The highest BCUT2D eigenvalue weighted by Crippen LogP contribution is 2.25. The fourth-order valence-electron chi connectivity index (χ4n) is 2.01. The molecule has 0 spiro atoms. The third kappa shape index (κ3) is 3.73. The summed E-state index contributed by atoms with van der Waals surface area (Å²) in [5.74, 6) is 0.742. The molecule has 2 rings (SSSR count). The first-order valence-electron chi connectivity index (χ1n) is 6.46. The van der Waals surface area contributed by atoms with Crippen LogP contribution in [0.15, 0.2) is 42.5 Å². The average Bonchev–Trinajstić information content (AvgIpc) is 2.53. The van der Waals surface area contributed by atoms with Gasteiger partial charge in [-0.1, -0.05) is 12.1 Å². The van der Waals surface area contributed by atoms with Crippen LogP contribution in [0.2, 0.25) is 0 Å². The number of phenols is 1. The standard InChI is InChI=1S/C16H17NO4/c1-21-15-7-11(9-18)6-13(8-15)17-16(10-19)12-2-4-14(20)5-3-12/h2-8,10,16-18,20H,9H2,1H3. The zero-order chi connectivity index (χ0) is 15.2. The van der Waals surface area contributed by atoms with Crippen molar-refractivity contribution >= 4 is 12.0 Å². The molecular formula is C16H17NO4. The molecule has 2 aromatic carbocycles. The molecule has 21 heavy (non-hydrogen) atoms. The van der Waals surface area contributed by atoms with Gasteiger partial charge >= 0.3 is 0 Å². The van der Waals surface area contributed by atoms with Gasteiger partial charge in [-0.3, -0.25) is 0 Å². The molecule has 2 aromatic rings. The number of hydrogen-bond acceptors (Lipinski definition) is 5. The lowest BCUT2D eigenvalue weighted by Gasteiger charge is -2.16. The molecule has 0 fully saturated rings. The third-order valence-corrected chi connectivity index (χ3v) is 3.10. The van der Waals surface area contributed by atoms with Crippen LogP contribution in [-0.2, 0) is 11.4 Å². The lowest BCUT2D eigenvalue weighted by Crippen LogP contribution is -2.12. The number of carbonyl (C=O) groups excluding carboxylic acids is 1. The van der Waals surface area contributed by atoms with Crippen molar-refractivity contribution in [3.63, 3.8) is 0 Å². The van der Waals surface area contributed by atoms with Crippen molar-refractivity contribution < 1.29 is 19.7 Å². The summed E-state index contributed by atoms with van der Waals surface area (Å²) in [6, 6.07) is 11.1. The molecule has 0 aliphatic heterocycles. The molecule has 0 heterocycles. The highest BCUT2D eigenvalue weighted by molar-refractivity contribution is 5.68. The second-order valence-corrected chi connectivity index (χ2v) is 4.58. The molecular weight excluding hydrogens is 270 g/mol. The number of anilines is 1. The maximum Gasteiger partial charge on any atom is 0.146 e. The van der Waals surface area contributed by atoms with E-state index in [9.17, 15) is 15.0 Å². The van der Waals surface area contributed by atoms with Crippen LogP contribution in [-0.4, -0.2) is 23.6 Å². The molecule has 5 nitrogen and oxygen atoms in total. The van der Waals surface area contributed by atoms with Crippen molar-refractivity contribution in [2.45, 2.75) is 12.6 Å². The maximum absolute atomic E-state index is 11.3. The zero-order valence-corrected chi connectivity index (χ0v) is 11.6. The first kappa shape index (κ1) is 14.9. The predicted octanol–water partition coefficient (Wildman–Crippen LogP) is 2.25. The second kappa shape index (κ2) is 6.76. The van der Waals surface area contributed by atoms with Crippen molar-refractivity contribution in [1.29, 1.82) is 0 Å². The number of benzene rings is 2. The van der Waals surface area contributed by atoms with Gasteiger partial charge < -0.3 is 25.1 Å². The van der Waals surface area contributed by atoms with Crippen molar-refractivity contribution in [1.82, 2.24) is 0 Å². The number of aldehydes is 1. The number of aliphatic hydroxyl groups excluding tert-OH is 1. The molecule has 0 radical (unpaired) electrons. The first-order valence-corrected chi connectivity index (χ1v) is 6.46. The van der Waals surface area contributed by atoms with Crippen LogP contribution in [0.4, 0.5) is 5.69 Å². The number of phenolic OH excluding ortho intramolecular Hbond substituents is 1. The summed E-state index contributed by atoms with van der Waals surface area (Å²) in [7, 11) is 1.54. The van der Waals surface area contributed by atoms with E-state index in [0.717, 1.165) is 11.8 Å². The Morgan fingerprint density at radius 2 is 1.95 bits per heavy atom. The summed E-state index contributed by atoms with van der Waals surface area (Å²) in [5.41, 5.74) is 2.09. The molecule has 0 aromatic heterocycles. The summed E-state index contributed by atoms with van der Waals surface area (Å²) in [4.78, 5) is 11.3. The van der Waals surface area contributed by atoms with Crippen molar-refractivity contribution in [2.75, 3.05) is 12.4 Å². The summed E-state index contributed by atoms with van der Waals surface area (Å²) in [5, 5.41) is 21.6. The Morgan fingerprint density at radius 1 is 1.24 bits per heavy atom. The quantitative estimate of drug-likeness (QED) is 0.710. The predicted molar refractivity (Wildman–Crippen MR) is 79.5 cm³/mol. The Balaban J connectivity index is 2.25. The van der Waals surface area contributed by atoms with E-state index >= 15 is 0 Å². The van der Waals surface area contributed by atoms with Gasteiger partial charge in [-0.15, -0.1) is 0 Å². The molecule has 110 valence electrons. The van der Waals surface area contributed by atoms with Crippen LogP contribution in [0, 0.1) is 0 Å². The molecule has 0 amide bonds. The first-order chi connectivity index (χ1) is 10.2. The van der Waals surface area contributed by atoms with Gasteiger partial charge in [-0.05, 0) is 35.4 Å². The number of aromatic hydroxyl groups is 1. The Hall–Kier alpha value is -2.53. The highest BCUT2D eigenvalue weighted by atomic mass is 16.5. The lowest BCUT2D eigenvalue weighted by molar-refractivity contribution is -0.108. The smallest absolute Gasteiger partial charge is 0.146 e. The fourth-order valence-corrected chi connectivity index (χ4v) is 2.01. The summed E-state index contributed by atoms with van der Waals surface area (Å²) in [6.07, 6.45) is 0.782. The van der Waals surface area contributed by atoms with Gasteiger partial charge in [0.05, 0.1) is 13.7 Å². The lowest BCUT2D eigenvalue weighted by atomic mass is 10.1. The van der Waals surface area contributed by atoms with Crippen molar-refractivity contribution in [2.24, 2.45) is 0 Å². The van der Waals surface area contributed by atoms with Gasteiger partial charge in [-0.25, -0.2) is 0 Å². The van der Waals surface area contributed by atoms with Gasteiger partial charge in [-0.2, -0.15) is 0 Å². The summed E-state index contributed by atoms with van der Waals surface area (Å²) >= 11 is 0. The molecule has 0 aliphatic rings. The monoisotopic (exact) mass is 287 g/mol. The van der Waals surface area contributed by atoms with Crippen LogP contribution >= 0.6 is 0 Å². The SMILES string of the molecule is COc1cc(CO)cc(NC(C=O)c2ccc(O)cc2)c1. The molecule has 0 aliphatic carbocycles. The van der Waals surface area contributed by atoms with Crippen molar-refractivity contribution in [3.8, 4) is 11.5 Å². The number of methoxy groups -OCH3 is 1. The zero-order valence-electron chi connectivity index (χ0n) is 11.6. The van der Waals surface area contributed by atoms with Crippen LogP contribution in [0.25, 0.3) is 0 Å². The van der Waals surface area contributed by atoms with E-state index in [4.69, 9.17) is 4.74 Å². The number of hydrogen-bond donors (Lipinski definition) is 3. The van der Waals surface area contributed by atoms with E-state index in [0.29, 0.717) is 17.0 Å². The van der Waals surface area contributed by atoms with Gasteiger partial charge in [0, 0.05) is 11.8 Å². The number of aliphatic hydroxyl groups is 1.